The molecule has 8 nitrogen and oxygen atoms in total. The molecule has 29 heavy (non-hydrogen) atoms. The smallest absolute Gasteiger partial charge is 0.234 e. The van der Waals surface area contributed by atoms with E-state index in [1.807, 2.05) is 4.90 Å². The molecule has 0 saturated carbocycles. The third-order valence-electron chi connectivity index (χ3n) is 4.64. The molecular formula is C19H27ClN4O4S. The lowest BCUT2D eigenvalue weighted by Crippen LogP contribution is -2.51. The van der Waals surface area contributed by atoms with Gasteiger partial charge in [0.05, 0.1) is 10.8 Å². The van der Waals surface area contributed by atoms with E-state index < -0.39 is 21.8 Å². The minimum Gasteiger partial charge on any atom is -0.354 e. The summed E-state index contributed by atoms with van der Waals surface area (Å²) in [6.45, 7) is 3.62. The van der Waals surface area contributed by atoms with E-state index in [4.69, 9.17) is 11.6 Å². The monoisotopic (exact) mass is 442 g/mol. The fourth-order valence-corrected chi connectivity index (χ4v) is 4.64. The van der Waals surface area contributed by atoms with Crippen LogP contribution in [0.3, 0.4) is 0 Å². The third-order valence-corrected chi connectivity index (χ3v) is 6.75. The zero-order valence-corrected chi connectivity index (χ0v) is 18.1. The van der Waals surface area contributed by atoms with Crippen LogP contribution in [0.4, 0.5) is 5.82 Å². The van der Waals surface area contributed by atoms with Gasteiger partial charge in [0.2, 0.25) is 16.4 Å². The lowest BCUT2D eigenvalue weighted by Gasteiger charge is -2.35. The number of pyridine rings is 1. The van der Waals surface area contributed by atoms with Gasteiger partial charge in [-0.1, -0.05) is 37.3 Å². The van der Waals surface area contributed by atoms with Gasteiger partial charge in [0.1, 0.15) is 11.9 Å². The highest BCUT2D eigenvalue weighted by molar-refractivity contribution is 7.89. The number of amides is 1. The number of unbranched alkanes of at least 4 members (excludes halogenated alkanes) is 3. The molecule has 1 saturated heterocycles. The number of halogens is 1. The maximum atomic E-state index is 12.8. The number of aromatic nitrogens is 1. The Labute approximate surface area is 177 Å². The molecule has 1 aromatic heterocycles. The topological polar surface area (TPSA) is 94.1 Å². The van der Waals surface area contributed by atoms with Crippen molar-refractivity contribution in [2.75, 3.05) is 36.8 Å². The van der Waals surface area contributed by atoms with E-state index in [9.17, 15) is 18.4 Å². The van der Waals surface area contributed by atoms with Crippen molar-refractivity contribution in [3.05, 3.63) is 23.4 Å². The van der Waals surface area contributed by atoms with Gasteiger partial charge in [-0.3, -0.25) is 10.0 Å². The molecule has 0 aliphatic carbocycles. The van der Waals surface area contributed by atoms with Gasteiger partial charge in [0.15, 0.2) is 0 Å². The van der Waals surface area contributed by atoms with Crippen LogP contribution in [0.1, 0.15) is 32.6 Å². The molecule has 1 atom stereocenters. The van der Waals surface area contributed by atoms with Crippen LogP contribution in [0, 0.1) is 11.8 Å². The summed E-state index contributed by atoms with van der Waals surface area (Å²) in [4.78, 5) is 17.2. The highest BCUT2D eigenvalue weighted by Crippen LogP contribution is 2.18. The van der Waals surface area contributed by atoms with Crippen LogP contribution in [-0.4, -0.2) is 72.4 Å². The Hall–Kier alpha value is -1.86. The summed E-state index contributed by atoms with van der Waals surface area (Å²) < 4.78 is 26.9. The molecule has 160 valence electrons. The van der Waals surface area contributed by atoms with Crippen molar-refractivity contribution < 1.29 is 18.4 Å². The average molecular weight is 443 g/mol. The predicted octanol–water partition coefficient (Wildman–Crippen LogP) is 1.99. The molecule has 0 aromatic carbocycles. The van der Waals surface area contributed by atoms with E-state index in [1.54, 1.807) is 18.3 Å². The quantitative estimate of drug-likeness (QED) is 0.206. The molecule has 2 rings (SSSR count). The maximum absolute atomic E-state index is 12.8. The van der Waals surface area contributed by atoms with Crippen molar-refractivity contribution in [2.24, 2.45) is 0 Å². The molecular weight excluding hydrogens is 416 g/mol. The normalized spacial score (nSPS) is 16.0. The molecule has 1 aliphatic rings. The van der Waals surface area contributed by atoms with Crippen LogP contribution in [0.5, 0.6) is 0 Å². The molecule has 0 bridgehead atoms. The van der Waals surface area contributed by atoms with Gasteiger partial charge in [0, 0.05) is 38.8 Å². The molecule has 10 heteroatoms. The average Bonchev–Trinajstić information content (AvgIpc) is 2.72. The number of hydroxylamine groups is 2. The first-order valence-corrected chi connectivity index (χ1v) is 11.6. The summed E-state index contributed by atoms with van der Waals surface area (Å²) in [6, 6.07) is 2.45. The van der Waals surface area contributed by atoms with Gasteiger partial charge in [-0.05, 0) is 18.6 Å². The highest BCUT2D eigenvalue weighted by Gasteiger charge is 2.31. The number of anilines is 1. The first-order valence-electron chi connectivity index (χ1n) is 9.62. The van der Waals surface area contributed by atoms with Crippen molar-refractivity contribution in [3.63, 3.8) is 0 Å². The van der Waals surface area contributed by atoms with Crippen molar-refractivity contribution in [2.45, 2.75) is 38.6 Å². The Morgan fingerprint density at radius 2 is 2.03 bits per heavy atom. The summed E-state index contributed by atoms with van der Waals surface area (Å²) in [5.74, 6) is 5.89. The van der Waals surface area contributed by atoms with E-state index >= 15 is 0 Å². The molecule has 1 amide bonds. The standard InChI is InChI=1S/C19H27ClN4O4S/c1-2-3-4-5-6-7-18(24(26)16-25)15-29(27,28)23-12-10-22(11-13-23)19-9-8-17(20)14-21-19/h8-9,14,16,18,26H,2-5,10-13,15H2,1H3. The van der Waals surface area contributed by atoms with E-state index in [0.717, 1.165) is 25.1 Å². The molecule has 0 radical (unpaired) electrons. The Balaban J connectivity index is 1.97. The van der Waals surface area contributed by atoms with Crippen molar-refractivity contribution in [1.82, 2.24) is 14.4 Å². The second-order valence-corrected chi connectivity index (χ2v) is 9.23. The van der Waals surface area contributed by atoms with Crippen LogP contribution < -0.4 is 4.90 Å². The molecule has 0 spiro atoms. The second kappa shape index (κ2) is 11.4. The third kappa shape index (κ3) is 7.16. The van der Waals surface area contributed by atoms with Crippen LogP contribution in [0.15, 0.2) is 18.3 Å². The van der Waals surface area contributed by atoms with E-state index in [1.165, 1.54) is 4.31 Å². The zero-order valence-electron chi connectivity index (χ0n) is 16.5. The number of piperazine rings is 1. The Morgan fingerprint density at radius 1 is 1.31 bits per heavy atom. The first kappa shape index (κ1) is 23.4. The fourth-order valence-electron chi connectivity index (χ4n) is 2.97. The number of rotatable bonds is 9. The van der Waals surface area contributed by atoms with Gasteiger partial charge < -0.3 is 4.90 Å². The summed E-state index contributed by atoms with van der Waals surface area (Å²) in [6.07, 6.45) is 5.32. The molecule has 2 heterocycles. The number of sulfonamides is 1. The number of carbonyl (C=O) groups excluding carboxylic acids is 1. The number of nitrogens with zero attached hydrogens (tertiary/aromatic N) is 4. The van der Waals surface area contributed by atoms with Crippen LogP contribution >= 0.6 is 11.6 Å². The highest BCUT2D eigenvalue weighted by atomic mass is 35.5. The van der Waals surface area contributed by atoms with Crippen LogP contribution in [0.25, 0.3) is 0 Å². The Bertz CT molecular complexity index is 815. The number of carbonyl (C=O) groups is 1. The molecule has 1 aliphatic heterocycles. The lowest BCUT2D eigenvalue weighted by molar-refractivity contribution is -0.153. The fraction of sp³-hybridized carbons (Fsp3) is 0.579. The molecule has 1 N–H and O–H groups in total. The number of hydrogen-bond acceptors (Lipinski definition) is 6. The van der Waals surface area contributed by atoms with Crippen LogP contribution in [0.2, 0.25) is 5.02 Å². The lowest BCUT2D eigenvalue weighted by atomic mass is 10.2. The van der Waals surface area contributed by atoms with E-state index in [-0.39, 0.29) is 19.5 Å². The first-order chi connectivity index (χ1) is 13.9. The minimum absolute atomic E-state index is 0.186. The Kier molecular flexibility index (Phi) is 9.17. The van der Waals surface area contributed by atoms with Crippen LogP contribution in [-0.2, 0) is 14.8 Å². The molecule has 1 aromatic rings. The summed E-state index contributed by atoms with van der Waals surface area (Å²) in [5, 5.41) is 10.6. The van der Waals surface area contributed by atoms with Gasteiger partial charge in [0.25, 0.3) is 0 Å². The van der Waals surface area contributed by atoms with Crippen molar-refractivity contribution >= 4 is 33.9 Å². The molecule has 1 unspecified atom stereocenters. The predicted molar refractivity (Wildman–Crippen MR) is 112 cm³/mol. The van der Waals surface area contributed by atoms with Gasteiger partial charge in [-0.25, -0.2) is 18.5 Å². The van der Waals surface area contributed by atoms with Gasteiger partial charge >= 0.3 is 0 Å². The van der Waals surface area contributed by atoms with Gasteiger partial charge in [-0.15, -0.1) is 5.92 Å². The zero-order chi connectivity index (χ0) is 21.3. The van der Waals surface area contributed by atoms with Gasteiger partial charge in [-0.2, -0.15) is 4.31 Å². The SMILES string of the molecule is CCCCCC#CC(CS(=O)(=O)N1CCN(c2ccc(Cl)cn2)CC1)N(O)C=O. The molecule has 1 fully saturated rings. The minimum atomic E-state index is -3.70. The maximum Gasteiger partial charge on any atom is 0.234 e. The summed E-state index contributed by atoms with van der Waals surface area (Å²) in [5.41, 5.74) is 0. The summed E-state index contributed by atoms with van der Waals surface area (Å²) in [7, 11) is -3.70. The van der Waals surface area contributed by atoms with Crippen molar-refractivity contribution in [3.8, 4) is 11.8 Å². The second-order valence-electron chi connectivity index (χ2n) is 6.78. The van der Waals surface area contributed by atoms with E-state index in [0.29, 0.717) is 29.6 Å². The van der Waals surface area contributed by atoms with Crippen molar-refractivity contribution in [1.29, 1.82) is 0 Å². The summed E-state index contributed by atoms with van der Waals surface area (Å²) >= 11 is 5.85. The van der Waals surface area contributed by atoms with E-state index in [2.05, 4.69) is 23.7 Å². The number of hydrogen-bond donors (Lipinski definition) is 1. The Morgan fingerprint density at radius 3 is 2.62 bits per heavy atom. The largest absolute Gasteiger partial charge is 0.354 e.